The summed E-state index contributed by atoms with van der Waals surface area (Å²) in [5.41, 5.74) is 0.749. The molecule has 1 saturated heterocycles. The van der Waals surface area contributed by atoms with Crippen LogP contribution in [-0.4, -0.2) is 77.6 Å². The molecule has 1 heterocycles. The molecule has 1 aliphatic heterocycles. The second-order valence-corrected chi connectivity index (χ2v) is 16.7. The van der Waals surface area contributed by atoms with E-state index in [1.54, 1.807) is 0 Å². The molecule has 0 aromatic heterocycles. The number of rotatable bonds is 39. The molecule has 0 aliphatic carbocycles. The van der Waals surface area contributed by atoms with Crippen molar-refractivity contribution in [3.63, 3.8) is 0 Å². The maximum Gasteiger partial charge on any atom is 0.203 e. The van der Waals surface area contributed by atoms with Crippen molar-refractivity contribution < 1.29 is 44.1 Å². The van der Waals surface area contributed by atoms with Gasteiger partial charge in [0.1, 0.15) is 24.4 Å². The molecule has 0 radical (unpaired) electrons. The quantitative estimate of drug-likeness (QED) is 0.0481. The molecule has 4 N–H and O–H groups in total. The van der Waals surface area contributed by atoms with E-state index in [1.807, 2.05) is 12.1 Å². The van der Waals surface area contributed by atoms with E-state index in [4.69, 9.17) is 23.7 Å². The van der Waals surface area contributed by atoms with Crippen molar-refractivity contribution >= 4 is 0 Å². The van der Waals surface area contributed by atoms with Crippen molar-refractivity contribution in [2.24, 2.45) is 0 Å². The van der Waals surface area contributed by atoms with Gasteiger partial charge in [0, 0.05) is 0 Å². The fourth-order valence-corrected chi connectivity index (χ4v) is 7.58. The Morgan fingerprint density at radius 3 is 1.18 bits per heavy atom. The summed E-state index contributed by atoms with van der Waals surface area (Å²) in [5.74, 6) is 1.87. The van der Waals surface area contributed by atoms with Crippen LogP contribution in [-0.2, 0) is 16.1 Å². The van der Waals surface area contributed by atoms with Crippen molar-refractivity contribution in [1.82, 2.24) is 0 Å². The van der Waals surface area contributed by atoms with Crippen LogP contribution in [0.25, 0.3) is 0 Å². The van der Waals surface area contributed by atoms with Gasteiger partial charge in [0.05, 0.1) is 33.0 Å². The van der Waals surface area contributed by atoms with Crippen LogP contribution in [0.15, 0.2) is 12.1 Å². The lowest BCUT2D eigenvalue weighted by molar-refractivity contribution is -0.304. The van der Waals surface area contributed by atoms with Crippen LogP contribution in [0.5, 0.6) is 17.2 Å². The molecule has 0 spiro atoms. The third kappa shape index (κ3) is 23.7. The van der Waals surface area contributed by atoms with Crippen molar-refractivity contribution in [2.75, 3.05) is 26.4 Å². The van der Waals surface area contributed by atoms with E-state index in [1.165, 1.54) is 148 Å². The number of aliphatic hydroxyl groups is 4. The van der Waals surface area contributed by atoms with Crippen molar-refractivity contribution in [1.29, 1.82) is 0 Å². The summed E-state index contributed by atoms with van der Waals surface area (Å²) < 4.78 is 31.0. The van der Waals surface area contributed by atoms with Crippen LogP contribution in [0, 0.1) is 0 Å². The van der Waals surface area contributed by atoms with Crippen LogP contribution in [0.2, 0.25) is 0 Å². The topological polar surface area (TPSA) is 127 Å². The molecule has 2 rings (SSSR count). The van der Waals surface area contributed by atoms with Gasteiger partial charge in [0.25, 0.3) is 0 Å². The Morgan fingerprint density at radius 2 is 0.807 bits per heavy atom. The lowest BCUT2D eigenvalue weighted by Crippen LogP contribution is -2.59. The van der Waals surface area contributed by atoms with Crippen LogP contribution in [0.1, 0.15) is 213 Å². The van der Waals surface area contributed by atoms with Gasteiger partial charge in [-0.25, -0.2) is 0 Å². The zero-order valence-corrected chi connectivity index (χ0v) is 36.9. The van der Waals surface area contributed by atoms with Gasteiger partial charge in [0.15, 0.2) is 17.8 Å². The van der Waals surface area contributed by atoms with Gasteiger partial charge in [-0.05, 0) is 37.0 Å². The summed E-state index contributed by atoms with van der Waals surface area (Å²) in [6.45, 7) is 8.02. The third-order valence-electron chi connectivity index (χ3n) is 11.3. The predicted molar refractivity (Wildman–Crippen MR) is 232 cm³/mol. The van der Waals surface area contributed by atoms with E-state index in [0.29, 0.717) is 37.1 Å². The molecular weight excluding hydrogens is 721 g/mol. The molecule has 0 unspecified atom stereocenters. The van der Waals surface area contributed by atoms with E-state index in [0.717, 1.165) is 44.1 Å². The smallest absolute Gasteiger partial charge is 0.203 e. The number of hydrogen-bond donors (Lipinski definition) is 4. The first kappa shape index (κ1) is 51.5. The Morgan fingerprint density at radius 1 is 0.456 bits per heavy atom. The second kappa shape index (κ2) is 35.2. The Kier molecular flexibility index (Phi) is 31.8. The highest BCUT2D eigenvalue weighted by Gasteiger charge is 2.44. The Bertz CT molecular complexity index is 1010. The summed E-state index contributed by atoms with van der Waals surface area (Å²) in [5, 5.41) is 40.8. The fraction of sp³-hybridized carbons (Fsp3) is 0.875. The van der Waals surface area contributed by atoms with Crippen LogP contribution < -0.4 is 14.2 Å². The number of unbranched alkanes of at least 4 members (excludes halogenated alkanes) is 26. The number of aliphatic hydroxyl groups excluding tert-OH is 4. The van der Waals surface area contributed by atoms with Gasteiger partial charge in [0.2, 0.25) is 5.75 Å². The monoisotopic (exact) mass is 809 g/mol. The first-order chi connectivity index (χ1) is 28.0. The van der Waals surface area contributed by atoms with E-state index in [9.17, 15) is 20.4 Å². The van der Waals surface area contributed by atoms with Crippen LogP contribution >= 0.6 is 0 Å². The predicted octanol–water partition coefficient (Wildman–Crippen LogP) is 11.5. The van der Waals surface area contributed by atoms with Crippen molar-refractivity contribution in [3.8, 4) is 17.2 Å². The van der Waals surface area contributed by atoms with Crippen LogP contribution in [0.3, 0.4) is 0 Å². The minimum absolute atomic E-state index is 0.0322. The molecule has 1 fully saturated rings. The minimum Gasteiger partial charge on any atom is -0.490 e. The third-order valence-corrected chi connectivity index (χ3v) is 11.3. The molecule has 1 aromatic rings. The minimum atomic E-state index is -1.50. The normalized spacial score (nSPS) is 19.6. The highest BCUT2D eigenvalue weighted by Crippen LogP contribution is 2.40. The molecule has 9 nitrogen and oxygen atoms in total. The Labute approximate surface area is 348 Å². The van der Waals surface area contributed by atoms with E-state index >= 15 is 0 Å². The van der Waals surface area contributed by atoms with Gasteiger partial charge in [-0.1, -0.05) is 188 Å². The van der Waals surface area contributed by atoms with Gasteiger partial charge < -0.3 is 44.1 Å². The van der Waals surface area contributed by atoms with Gasteiger partial charge in [-0.2, -0.15) is 0 Å². The second-order valence-electron chi connectivity index (χ2n) is 16.7. The van der Waals surface area contributed by atoms with Crippen molar-refractivity contribution in [2.45, 2.75) is 244 Å². The van der Waals surface area contributed by atoms with E-state index in [-0.39, 0.29) is 6.61 Å². The molecule has 9 heteroatoms. The summed E-state index contributed by atoms with van der Waals surface area (Å²) >= 11 is 0. The summed E-state index contributed by atoms with van der Waals surface area (Å²) in [6.07, 6.45) is 29.5. The zero-order valence-electron chi connectivity index (χ0n) is 36.9. The molecule has 0 amide bonds. The number of hydrogen-bond acceptors (Lipinski definition) is 9. The van der Waals surface area contributed by atoms with Gasteiger partial charge in [-0.15, -0.1) is 0 Å². The molecule has 1 aliphatic rings. The molecule has 5 atom stereocenters. The molecule has 334 valence electrons. The van der Waals surface area contributed by atoms with Gasteiger partial charge >= 0.3 is 0 Å². The maximum absolute atomic E-state index is 10.6. The molecule has 1 aromatic carbocycles. The summed E-state index contributed by atoms with van der Waals surface area (Å²) in [6, 6.07) is 3.83. The zero-order chi connectivity index (χ0) is 41.2. The van der Waals surface area contributed by atoms with Gasteiger partial charge in [-0.3, -0.25) is 0 Å². The molecular formula is C48H88O9. The summed E-state index contributed by atoms with van der Waals surface area (Å²) in [7, 11) is 0. The van der Waals surface area contributed by atoms with E-state index < -0.39 is 37.3 Å². The largest absolute Gasteiger partial charge is 0.490 e. The number of ether oxygens (including phenoxy) is 5. The average molecular weight is 809 g/mol. The average Bonchev–Trinajstić information content (AvgIpc) is 3.22. The lowest BCUT2D eigenvalue weighted by Gasteiger charge is -2.39. The summed E-state index contributed by atoms with van der Waals surface area (Å²) in [4.78, 5) is 0. The van der Waals surface area contributed by atoms with Crippen molar-refractivity contribution in [3.05, 3.63) is 17.7 Å². The molecule has 0 bridgehead atoms. The number of benzene rings is 1. The Balaban J connectivity index is 2.09. The molecule has 57 heavy (non-hydrogen) atoms. The Hall–Kier alpha value is -1.62. The van der Waals surface area contributed by atoms with E-state index in [2.05, 4.69) is 20.8 Å². The highest BCUT2D eigenvalue weighted by molar-refractivity contribution is 5.54. The first-order valence-corrected chi connectivity index (χ1v) is 23.9. The fourth-order valence-electron chi connectivity index (χ4n) is 7.58. The highest BCUT2D eigenvalue weighted by atomic mass is 16.7. The maximum atomic E-state index is 10.6. The van der Waals surface area contributed by atoms with Crippen LogP contribution in [0.4, 0.5) is 0 Å². The standard InChI is InChI=1S/C48H88O9/c1-4-7-10-13-16-19-22-24-27-30-33-53-41-36-40(39-56-48-46(52)45(51)44(50)43(38-49)57-48)37-42(54-34-31-28-25-23-20-17-14-11-8-5-2)47(41)55-35-32-29-26-21-18-15-12-9-6-3/h36-37,43-46,48-52H,4-35,38-39H2,1-3H3/t43-,44+,45+,46-,48-/m1/s1. The first-order valence-electron chi connectivity index (χ1n) is 23.9. The molecule has 0 saturated carbocycles. The lowest BCUT2D eigenvalue weighted by atomic mass is 9.99. The SMILES string of the molecule is CCCCCCCCCCCCOc1cc(CO[C@@H]2O[C@H](CO)[C@H](O)[C@H](O)[C@H]2O)cc(OCCCCCCCCCCCC)c1OCCCCCCCCCCC.